The molecular weight excluding hydrogens is 212 g/mol. The van der Waals surface area contributed by atoms with Gasteiger partial charge in [-0.3, -0.25) is 0 Å². The normalized spacial score (nSPS) is 10.4. The Hall–Kier alpha value is -0.870. The van der Waals surface area contributed by atoms with Crippen LogP contribution in [-0.2, 0) is 6.42 Å². The molecule has 0 saturated carbocycles. The van der Waals surface area contributed by atoms with E-state index in [0.29, 0.717) is 0 Å². The standard InChI is InChI=1S/C9H10ClF2NO/c1-14-7-4-6(11)8(10)9(12)5(7)2-3-13/h4H,2-3,13H2,1H3. The molecule has 1 rings (SSSR count). The summed E-state index contributed by atoms with van der Waals surface area (Å²) < 4.78 is 31.2. The molecule has 0 radical (unpaired) electrons. The van der Waals surface area contributed by atoms with Crippen molar-refractivity contribution in [1.29, 1.82) is 0 Å². The number of nitrogens with two attached hydrogens (primary N) is 1. The Morgan fingerprint density at radius 3 is 2.64 bits per heavy atom. The van der Waals surface area contributed by atoms with Crippen LogP contribution in [0.2, 0.25) is 5.02 Å². The average molecular weight is 222 g/mol. The van der Waals surface area contributed by atoms with Crippen molar-refractivity contribution in [3.63, 3.8) is 0 Å². The van der Waals surface area contributed by atoms with Gasteiger partial charge in [0.1, 0.15) is 16.6 Å². The predicted octanol–water partition coefficient (Wildman–Crippen LogP) is 2.13. The van der Waals surface area contributed by atoms with E-state index in [2.05, 4.69) is 0 Å². The fraction of sp³-hybridized carbons (Fsp3) is 0.333. The van der Waals surface area contributed by atoms with Crippen LogP contribution in [0.1, 0.15) is 5.56 Å². The SMILES string of the molecule is COc1cc(F)c(Cl)c(F)c1CCN. The summed E-state index contributed by atoms with van der Waals surface area (Å²) in [5.74, 6) is -1.49. The summed E-state index contributed by atoms with van der Waals surface area (Å²) >= 11 is 5.40. The fourth-order valence-corrected chi connectivity index (χ4v) is 1.34. The molecule has 1 aromatic carbocycles. The molecule has 2 nitrogen and oxygen atoms in total. The Morgan fingerprint density at radius 2 is 2.14 bits per heavy atom. The van der Waals surface area contributed by atoms with Crippen LogP contribution >= 0.6 is 11.6 Å². The van der Waals surface area contributed by atoms with Crippen molar-refractivity contribution < 1.29 is 13.5 Å². The lowest BCUT2D eigenvalue weighted by molar-refractivity contribution is 0.400. The first-order chi connectivity index (χ1) is 6.61. The second-order valence-electron chi connectivity index (χ2n) is 2.71. The zero-order valence-electron chi connectivity index (χ0n) is 7.61. The van der Waals surface area contributed by atoms with E-state index >= 15 is 0 Å². The van der Waals surface area contributed by atoms with Crippen molar-refractivity contribution in [1.82, 2.24) is 0 Å². The van der Waals surface area contributed by atoms with E-state index in [1.54, 1.807) is 0 Å². The first-order valence-corrected chi connectivity index (χ1v) is 4.40. The summed E-state index contributed by atoms with van der Waals surface area (Å²) in [5, 5.41) is -0.519. The average Bonchev–Trinajstić information content (AvgIpc) is 2.19. The Labute approximate surface area is 85.6 Å². The van der Waals surface area contributed by atoms with Crippen molar-refractivity contribution in [3.05, 3.63) is 28.3 Å². The van der Waals surface area contributed by atoms with Crippen LogP contribution in [0.5, 0.6) is 5.75 Å². The molecule has 0 aromatic heterocycles. The summed E-state index contributed by atoms with van der Waals surface area (Å²) in [6.45, 7) is 0.245. The van der Waals surface area contributed by atoms with Crippen molar-refractivity contribution in [2.45, 2.75) is 6.42 Å². The third kappa shape index (κ3) is 1.96. The molecule has 0 atom stereocenters. The molecule has 0 aliphatic rings. The maximum Gasteiger partial charge on any atom is 0.151 e. The largest absolute Gasteiger partial charge is 0.496 e. The first kappa shape index (κ1) is 11.2. The minimum Gasteiger partial charge on any atom is -0.496 e. The molecule has 1 aromatic rings. The van der Waals surface area contributed by atoms with Gasteiger partial charge in [0.15, 0.2) is 5.82 Å². The molecule has 78 valence electrons. The maximum atomic E-state index is 13.4. The molecule has 0 amide bonds. The zero-order chi connectivity index (χ0) is 10.7. The van der Waals surface area contributed by atoms with Gasteiger partial charge in [-0.15, -0.1) is 0 Å². The zero-order valence-corrected chi connectivity index (χ0v) is 8.37. The molecule has 0 heterocycles. The van der Waals surface area contributed by atoms with Gasteiger partial charge in [-0.2, -0.15) is 0 Å². The molecular formula is C9H10ClF2NO. The predicted molar refractivity (Wildman–Crippen MR) is 50.7 cm³/mol. The summed E-state index contributed by atoms with van der Waals surface area (Å²) in [7, 11) is 1.34. The lowest BCUT2D eigenvalue weighted by Gasteiger charge is -2.10. The van der Waals surface area contributed by atoms with Gasteiger partial charge in [0.05, 0.1) is 7.11 Å². The number of halogens is 3. The van der Waals surface area contributed by atoms with E-state index in [9.17, 15) is 8.78 Å². The third-order valence-electron chi connectivity index (χ3n) is 1.84. The van der Waals surface area contributed by atoms with Crippen molar-refractivity contribution in [2.24, 2.45) is 5.73 Å². The number of hydrogen-bond donors (Lipinski definition) is 1. The van der Waals surface area contributed by atoms with E-state index in [-0.39, 0.29) is 24.3 Å². The molecule has 5 heteroatoms. The molecule has 0 aliphatic heterocycles. The summed E-state index contributed by atoms with van der Waals surface area (Å²) in [6, 6.07) is 1.05. The molecule has 0 saturated heterocycles. The highest BCUT2D eigenvalue weighted by Gasteiger charge is 2.16. The highest BCUT2D eigenvalue weighted by Crippen LogP contribution is 2.30. The second-order valence-corrected chi connectivity index (χ2v) is 3.08. The van der Waals surface area contributed by atoms with Gasteiger partial charge < -0.3 is 10.5 Å². The van der Waals surface area contributed by atoms with Gasteiger partial charge in [0.2, 0.25) is 0 Å². The Bertz CT molecular complexity index is 344. The van der Waals surface area contributed by atoms with Gasteiger partial charge in [-0.25, -0.2) is 8.78 Å². The van der Waals surface area contributed by atoms with Crippen LogP contribution in [-0.4, -0.2) is 13.7 Å². The van der Waals surface area contributed by atoms with Crippen molar-refractivity contribution in [3.8, 4) is 5.75 Å². The van der Waals surface area contributed by atoms with Gasteiger partial charge in [-0.05, 0) is 13.0 Å². The quantitative estimate of drug-likeness (QED) is 0.794. The Balaban J connectivity index is 3.29. The molecule has 0 aliphatic carbocycles. The highest BCUT2D eigenvalue weighted by atomic mass is 35.5. The van der Waals surface area contributed by atoms with Gasteiger partial charge in [-0.1, -0.05) is 11.6 Å². The second kappa shape index (κ2) is 4.57. The Morgan fingerprint density at radius 1 is 1.50 bits per heavy atom. The highest BCUT2D eigenvalue weighted by molar-refractivity contribution is 6.31. The van der Waals surface area contributed by atoms with E-state index in [4.69, 9.17) is 22.1 Å². The van der Waals surface area contributed by atoms with Crippen LogP contribution in [0.25, 0.3) is 0 Å². The van der Waals surface area contributed by atoms with Crippen LogP contribution in [0, 0.1) is 11.6 Å². The van der Waals surface area contributed by atoms with Gasteiger partial charge >= 0.3 is 0 Å². The molecule has 14 heavy (non-hydrogen) atoms. The molecule has 2 N–H and O–H groups in total. The van der Waals surface area contributed by atoms with Crippen LogP contribution in [0.3, 0.4) is 0 Å². The number of ether oxygens (including phenoxy) is 1. The summed E-state index contributed by atoms with van der Waals surface area (Å²) in [4.78, 5) is 0. The van der Waals surface area contributed by atoms with Gasteiger partial charge in [0, 0.05) is 11.6 Å². The number of hydrogen-bond acceptors (Lipinski definition) is 2. The fourth-order valence-electron chi connectivity index (χ4n) is 1.17. The monoisotopic (exact) mass is 221 g/mol. The smallest absolute Gasteiger partial charge is 0.151 e. The van der Waals surface area contributed by atoms with E-state index < -0.39 is 16.7 Å². The summed E-state index contributed by atoms with van der Waals surface area (Å²) in [5.41, 5.74) is 5.49. The van der Waals surface area contributed by atoms with Crippen molar-refractivity contribution in [2.75, 3.05) is 13.7 Å². The minimum absolute atomic E-state index is 0.134. The lowest BCUT2D eigenvalue weighted by atomic mass is 10.1. The summed E-state index contributed by atoms with van der Waals surface area (Å²) in [6.07, 6.45) is 0.259. The topological polar surface area (TPSA) is 35.2 Å². The first-order valence-electron chi connectivity index (χ1n) is 4.02. The van der Waals surface area contributed by atoms with Gasteiger partial charge in [0.25, 0.3) is 0 Å². The minimum atomic E-state index is -0.832. The Kier molecular flexibility index (Phi) is 3.66. The van der Waals surface area contributed by atoms with Crippen LogP contribution in [0.4, 0.5) is 8.78 Å². The maximum absolute atomic E-state index is 13.4. The number of benzene rings is 1. The number of methoxy groups -OCH3 is 1. The molecule has 0 bridgehead atoms. The molecule has 0 unspecified atom stereocenters. The van der Waals surface area contributed by atoms with Crippen LogP contribution < -0.4 is 10.5 Å². The van der Waals surface area contributed by atoms with E-state index in [1.165, 1.54) is 7.11 Å². The van der Waals surface area contributed by atoms with E-state index in [1.807, 2.05) is 0 Å². The van der Waals surface area contributed by atoms with Crippen LogP contribution in [0.15, 0.2) is 6.07 Å². The van der Waals surface area contributed by atoms with Crippen molar-refractivity contribution >= 4 is 11.6 Å². The third-order valence-corrected chi connectivity index (χ3v) is 2.18. The molecule has 0 fully saturated rings. The van der Waals surface area contributed by atoms with E-state index in [0.717, 1.165) is 6.07 Å². The molecule has 0 spiro atoms. The lowest BCUT2D eigenvalue weighted by Crippen LogP contribution is -2.07. The number of rotatable bonds is 3.